The summed E-state index contributed by atoms with van der Waals surface area (Å²) < 4.78 is 0. The maximum absolute atomic E-state index is 2.25. The van der Waals surface area contributed by atoms with Crippen LogP contribution < -0.4 is 0 Å². The van der Waals surface area contributed by atoms with E-state index in [1.54, 1.807) is 10.8 Å². The van der Waals surface area contributed by atoms with Crippen LogP contribution in [-0.2, 0) is 0 Å². The molecule has 96 valence electrons. The molecular weight excluding hydrogens is 345 g/mol. The van der Waals surface area contributed by atoms with Crippen molar-refractivity contribution in [2.75, 3.05) is 5.75 Å². The second-order valence-corrected chi connectivity index (χ2v) is 14.1. The Labute approximate surface area is 130 Å². The summed E-state index contributed by atoms with van der Waals surface area (Å²) in [4.78, 5) is 0. The Balaban J connectivity index is 2.22. The standard InChI is InChI=1S/C10H14S7/c1-2-4-6-8-10-12-14-16-17-15-13-11-9-7-5-3-1/h1-3,5,7,9H,4,6,8,10H2. The van der Waals surface area contributed by atoms with Gasteiger partial charge in [-0.2, -0.15) is 0 Å². The third-order valence-electron chi connectivity index (χ3n) is 1.65. The Morgan fingerprint density at radius 3 is 2.53 bits per heavy atom. The molecule has 0 aromatic heterocycles. The summed E-state index contributed by atoms with van der Waals surface area (Å²) in [7, 11) is 13.0. The van der Waals surface area contributed by atoms with Crippen molar-refractivity contribution in [1.82, 2.24) is 0 Å². The fraction of sp³-hybridized carbons (Fsp3) is 0.400. The van der Waals surface area contributed by atoms with Gasteiger partial charge in [-0.1, -0.05) is 52.0 Å². The van der Waals surface area contributed by atoms with Crippen molar-refractivity contribution in [2.45, 2.75) is 19.3 Å². The van der Waals surface area contributed by atoms with Crippen LogP contribution >= 0.6 is 70.7 Å². The molecule has 0 radical (unpaired) electrons. The second kappa shape index (κ2) is 14.1. The topological polar surface area (TPSA) is 0 Å². The van der Waals surface area contributed by atoms with Crippen LogP contribution in [0.25, 0.3) is 0 Å². The predicted octanol–water partition coefficient (Wildman–Crippen LogP) is 7.42. The lowest BCUT2D eigenvalue weighted by atomic mass is 10.2. The summed E-state index contributed by atoms with van der Waals surface area (Å²) in [6.45, 7) is 0. The SMILES string of the molecule is C1=CC=CSSSSSSSCCCCC=C1. The van der Waals surface area contributed by atoms with Gasteiger partial charge in [0.2, 0.25) is 0 Å². The van der Waals surface area contributed by atoms with Crippen LogP contribution in [0.15, 0.2) is 35.8 Å². The minimum Gasteiger partial charge on any atom is -0.0845 e. The monoisotopic (exact) mass is 358 g/mol. The number of rotatable bonds is 0. The zero-order valence-corrected chi connectivity index (χ0v) is 14.9. The van der Waals surface area contributed by atoms with Crippen LogP contribution in [0.4, 0.5) is 0 Å². The first-order valence-corrected chi connectivity index (χ1v) is 14.1. The molecule has 0 nitrogen and oxygen atoms in total. The van der Waals surface area contributed by atoms with E-state index in [0.29, 0.717) is 0 Å². The molecule has 1 aliphatic heterocycles. The van der Waals surface area contributed by atoms with Gasteiger partial charge < -0.3 is 0 Å². The molecule has 0 aliphatic carbocycles. The molecule has 0 atom stereocenters. The first kappa shape index (κ1) is 16.7. The zero-order chi connectivity index (χ0) is 12.0. The van der Waals surface area contributed by atoms with E-state index in [-0.39, 0.29) is 0 Å². The minimum atomic E-state index is 1.20. The predicted molar refractivity (Wildman–Crippen MR) is 99.3 cm³/mol. The van der Waals surface area contributed by atoms with Crippen molar-refractivity contribution in [1.29, 1.82) is 0 Å². The molecular formula is C10H14S7. The summed E-state index contributed by atoms with van der Waals surface area (Å²) in [6, 6.07) is 0. The highest BCUT2D eigenvalue weighted by atomic mass is 33.9. The van der Waals surface area contributed by atoms with Crippen molar-refractivity contribution in [3.8, 4) is 0 Å². The van der Waals surface area contributed by atoms with Gasteiger partial charge >= 0.3 is 0 Å². The van der Waals surface area contributed by atoms with Gasteiger partial charge in [-0.15, -0.1) is 0 Å². The van der Waals surface area contributed by atoms with Crippen molar-refractivity contribution in [3.05, 3.63) is 35.8 Å². The highest BCUT2D eigenvalue weighted by Crippen LogP contribution is 2.55. The van der Waals surface area contributed by atoms with E-state index in [1.165, 1.54) is 25.0 Å². The first-order valence-electron chi connectivity index (χ1n) is 5.10. The maximum atomic E-state index is 2.25. The molecule has 1 aliphatic rings. The molecule has 0 aromatic rings. The molecule has 0 amide bonds. The lowest BCUT2D eigenvalue weighted by Crippen LogP contribution is -1.75. The Morgan fingerprint density at radius 1 is 0.706 bits per heavy atom. The van der Waals surface area contributed by atoms with Crippen LogP contribution in [0.2, 0.25) is 0 Å². The molecule has 17 heavy (non-hydrogen) atoms. The van der Waals surface area contributed by atoms with E-state index in [4.69, 9.17) is 0 Å². The zero-order valence-electron chi connectivity index (χ0n) is 9.15. The Kier molecular flexibility index (Phi) is 13.9. The molecule has 0 bridgehead atoms. The quantitative estimate of drug-likeness (QED) is 0.408. The smallest absolute Gasteiger partial charge is 0.00455 e. The van der Waals surface area contributed by atoms with Crippen LogP contribution in [0.5, 0.6) is 0 Å². The average Bonchev–Trinajstić information content (AvgIpc) is 2.35. The minimum absolute atomic E-state index is 1.20. The molecule has 0 saturated carbocycles. The number of hydrogen-bond acceptors (Lipinski definition) is 7. The number of hydrogen-bond donors (Lipinski definition) is 0. The van der Waals surface area contributed by atoms with Gasteiger partial charge in [0.25, 0.3) is 0 Å². The van der Waals surface area contributed by atoms with Gasteiger partial charge in [0.1, 0.15) is 0 Å². The number of allylic oxidation sites excluding steroid dienone is 5. The molecule has 0 N–H and O–H groups in total. The Morgan fingerprint density at radius 2 is 1.53 bits per heavy atom. The van der Waals surface area contributed by atoms with Gasteiger partial charge in [0, 0.05) is 5.75 Å². The normalized spacial score (nSPS) is 21.2. The van der Waals surface area contributed by atoms with Crippen molar-refractivity contribution >= 4 is 70.7 Å². The highest BCUT2D eigenvalue weighted by Gasteiger charge is 1.95. The van der Waals surface area contributed by atoms with Gasteiger partial charge in [0.05, 0.1) is 0 Å². The van der Waals surface area contributed by atoms with E-state index in [0.717, 1.165) is 0 Å². The first-order chi connectivity index (χ1) is 8.50. The van der Waals surface area contributed by atoms with E-state index in [1.807, 2.05) is 59.9 Å². The summed E-state index contributed by atoms with van der Waals surface area (Å²) in [5.74, 6) is 1.26. The van der Waals surface area contributed by atoms with Crippen LogP contribution in [0.3, 0.4) is 0 Å². The Hall–Kier alpha value is 1.67. The summed E-state index contributed by atoms with van der Waals surface area (Å²) >= 11 is 0. The molecule has 1 heterocycles. The van der Waals surface area contributed by atoms with Gasteiger partial charge in [-0.25, -0.2) is 0 Å². The van der Waals surface area contributed by atoms with E-state index >= 15 is 0 Å². The summed E-state index contributed by atoms with van der Waals surface area (Å²) in [5, 5.41) is 2.12. The lowest BCUT2D eigenvalue weighted by molar-refractivity contribution is 0.824. The average molecular weight is 359 g/mol. The molecule has 0 spiro atoms. The third kappa shape index (κ3) is 12.4. The second-order valence-electron chi connectivity index (χ2n) is 2.90. The summed E-state index contributed by atoms with van der Waals surface area (Å²) in [6.07, 6.45) is 14.5. The van der Waals surface area contributed by atoms with Crippen molar-refractivity contribution in [2.24, 2.45) is 0 Å². The fourth-order valence-electron chi connectivity index (χ4n) is 0.930. The van der Waals surface area contributed by atoms with E-state index in [2.05, 4.69) is 35.8 Å². The summed E-state index contributed by atoms with van der Waals surface area (Å²) in [5.41, 5.74) is 0. The molecule has 7 heteroatoms. The molecule has 1 rings (SSSR count). The fourth-order valence-corrected chi connectivity index (χ4v) is 14.5. The molecule has 0 aromatic carbocycles. The molecule has 0 fully saturated rings. The van der Waals surface area contributed by atoms with Crippen LogP contribution in [0, 0.1) is 0 Å². The van der Waals surface area contributed by atoms with Gasteiger partial charge in [0.15, 0.2) is 0 Å². The highest BCUT2D eigenvalue weighted by molar-refractivity contribution is 9.46. The van der Waals surface area contributed by atoms with Crippen LogP contribution in [-0.4, -0.2) is 5.75 Å². The third-order valence-corrected chi connectivity index (χ3v) is 14.4. The van der Waals surface area contributed by atoms with E-state index in [9.17, 15) is 0 Å². The molecule has 0 unspecified atom stereocenters. The van der Waals surface area contributed by atoms with Crippen molar-refractivity contribution < 1.29 is 0 Å². The largest absolute Gasteiger partial charge is 0.0845 e. The molecule has 0 saturated heterocycles. The Bertz CT molecular complexity index is 225. The van der Waals surface area contributed by atoms with Gasteiger partial charge in [-0.3, -0.25) is 0 Å². The lowest BCUT2D eigenvalue weighted by Gasteiger charge is -1.98. The maximum Gasteiger partial charge on any atom is 0.00455 e. The van der Waals surface area contributed by atoms with Gasteiger partial charge in [-0.05, 0) is 73.8 Å². The van der Waals surface area contributed by atoms with Crippen molar-refractivity contribution in [3.63, 3.8) is 0 Å². The van der Waals surface area contributed by atoms with E-state index < -0.39 is 0 Å². The van der Waals surface area contributed by atoms with Crippen LogP contribution in [0.1, 0.15) is 19.3 Å².